The molecule has 82 heavy (non-hydrogen) atoms. The first kappa shape index (κ1) is 68.2. The van der Waals surface area contributed by atoms with E-state index in [9.17, 15) is 132 Å². The second kappa shape index (κ2) is 28.3. The van der Waals surface area contributed by atoms with Crippen LogP contribution >= 0.6 is 0 Å². The van der Waals surface area contributed by atoms with Gasteiger partial charge in [-0.2, -0.15) is 0 Å². The van der Waals surface area contributed by atoms with E-state index >= 15 is 0 Å². The Morgan fingerprint density at radius 1 is 0.476 bits per heavy atom. The van der Waals surface area contributed by atoms with Crippen molar-refractivity contribution in [3.63, 3.8) is 0 Å². The number of carboxylic acid groups (broad SMARTS) is 2. The Morgan fingerprint density at radius 2 is 0.866 bits per heavy atom. The molecule has 24 N–H and O–H groups in total. The van der Waals surface area contributed by atoms with Crippen LogP contribution in [0.2, 0.25) is 0 Å². The van der Waals surface area contributed by atoms with Crippen LogP contribution in [0.3, 0.4) is 0 Å². The number of carbonyl (C=O) groups is 3. The summed E-state index contributed by atoms with van der Waals surface area (Å²) in [6.07, 6.45) is -67.7. The molecule has 0 spiro atoms. The third-order valence-electron chi connectivity index (χ3n) is 14.8. The van der Waals surface area contributed by atoms with Crippen molar-refractivity contribution < 1.29 is 184 Å². The number of carboxylic acids is 2. The van der Waals surface area contributed by atoms with Crippen LogP contribution in [0.1, 0.15) is 19.8 Å². The fourth-order valence-electron chi connectivity index (χ4n) is 10.3. The van der Waals surface area contributed by atoms with Gasteiger partial charge in [0.1, 0.15) is 146 Å². The Kier molecular flexibility index (Phi) is 23.6. The molecule has 1 amide bonds. The minimum absolute atomic E-state index is 0.864. The van der Waals surface area contributed by atoms with Crippen molar-refractivity contribution in [3.8, 4) is 0 Å². The van der Waals surface area contributed by atoms with Crippen LogP contribution in [0.25, 0.3) is 0 Å². The Balaban J connectivity index is 1.40. The van der Waals surface area contributed by atoms with E-state index in [2.05, 4.69) is 5.32 Å². The van der Waals surface area contributed by atoms with Gasteiger partial charge in [0, 0.05) is 19.8 Å². The number of aliphatic hydroxyl groups is 21. The van der Waals surface area contributed by atoms with Crippen LogP contribution in [0, 0.1) is 0 Å². The molecule has 0 unspecified atom stereocenters. The molecular weight excluding hydrogens is 1130 g/mol. The normalized spacial score (nSPS) is 47.2. The van der Waals surface area contributed by atoms with Crippen molar-refractivity contribution in [2.24, 2.45) is 0 Å². The van der Waals surface area contributed by atoms with Crippen LogP contribution in [0.5, 0.6) is 0 Å². The van der Waals surface area contributed by atoms with Crippen molar-refractivity contribution in [3.05, 3.63) is 0 Å². The molecule has 6 aliphatic rings. The second-order valence-corrected chi connectivity index (χ2v) is 20.3. The van der Waals surface area contributed by atoms with E-state index in [1.807, 2.05) is 0 Å². The van der Waals surface area contributed by atoms with Crippen LogP contribution in [0.4, 0.5) is 0 Å². The molecule has 32 atom stereocenters. The van der Waals surface area contributed by atoms with Crippen LogP contribution in [0.15, 0.2) is 0 Å². The van der Waals surface area contributed by atoms with Crippen molar-refractivity contribution in [1.82, 2.24) is 5.32 Å². The van der Waals surface area contributed by atoms with E-state index in [-0.39, 0.29) is 0 Å². The smallest absolute Gasteiger partial charge is 0.364 e. The molecular formula is C44H73NO37. The summed E-state index contributed by atoms with van der Waals surface area (Å²) in [6, 6.07) is -2.09. The van der Waals surface area contributed by atoms with Gasteiger partial charge in [0.05, 0.1) is 51.8 Å². The van der Waals surface area contributed by atoms with Gasteiger partial charge in [-0.05, 0) is 0 Å². The van der Waals surface area contributed by atoms with Gasteiger partial charge in [-0.15, -0.1) is 0 Å². The van der Waals surface area contributed by atoms with E-state index in [1.54, 1.807) is 0 Å². The standard InChI is InChI=1S/C44H73NO37/c1-10(52)45-19-32(78-39-28(65)35(25(62)16(7-49)74-39)81-43(41(68)69)2-11(53)20(57)33(79-43)22(59)13(55)4-46)24(61)15(6-48)73-38(19)77-31-18(9-51)75-40(76-30-17(8-50)72-37(67)27(64)26(30)63)29(66)36(31)82-44(42(70)71)3-12(54)21(58)34(80-44)23(60)14(56)5-47/h11-40,46-51,53-67H,2-9H2,1H3,(H,45,52)(H,68,69)(H,70,71)/t11-,12-,13+,14+,15+,16+,17+,18+,19+,20+,21+,22+,23+,24-,25-,26+,27+,28+,29+,30+,31-,32+,33+,34+,35-,36+,37+,38-,39-,40-,43-,44-/m0/s1. The van der Waals surface area contributed by atoms with Crippen LogP contribution in [-0.4, -0.2) is 370 Å². The van der Waals surface area contributed by atoms with E-state index in [1.165, 1.54) is 0 Å². The molecule has 0 aliphatic carbocycles. The third-order valence-corrected chi connectivity index (χ3v) is 14.8. The number of amides is 1. The molecule has 38 nitrogen and oxygen atoms in total. The zero-order valence-electron chi connectivity index (χ0n) is 43.0. The predicted molar refractivity (Wildman–Crippen MR) is 245 cm³/mol. The van der Waals surface area contributed by atoms with Crippen LogP contribution in [-0.2, 0) is 66.5 Å². The lowest BCUT2D eigenvalue weighted by Crippen LogP contribution is -2.72. The highest BCUT2D eigenvalue weighted by Gasteiger charge is 2.63. The lowest BCUT2D eigenvalue weighted by atomic mass is 9.90. The highest BCUT2D eigenvalue weighted by atomic mass is 16.8. The molecule has 0 radical (unpaired) electrons. The number of nitrogens with one attached hydrogen (secondary N) is 1. The molecule has 6 heterocycles. The number of hydrogen-bond acceptors (Lipinski definition) is 35. The first-order chi connectivity index (χ1) is 38.5. The average molecular weight is 1210 g/mol. The van der Waals surface area contributed by atoms with Crippen molar-refractivity contribution in [2.45, 2.75) is 215 Å². The lowest BCUT2D eigenvalue weighted by Gasteiger charge is -2.52. The zero-order chi connectivity index (χ0) is 61.2. The summed E-state index contributed by atoms with van der Waals surface area (Å²) in [6.45, 7) is -6.38. The molecule has 0 aromatic rings. The van der Waals surface area contributed by atoms with Gasteiger partial charge in [0.25, 0.3) is 11.6 Å². The van der Waals surface area contributed by atoms with Crippen molar-refractivity contribution in [1.29, 1.82) is 0 Å². The minimum Gasteiger partial charge on any atom is -0.477 e. The molecule has 6 rings (SSSR count). The Morgan fingerprint density at radius 3 is 1.30 bits per heavy atom. The molecule has 0 aromatic heterocycles. The second-order valence-electron chi connectivity index (χ2n) is 20.3. The molecule has 0 saturated carbocycles. The molecule has 6 saturated heterocycles. The van der Waals surface area contributed by atoms with Gasteiger partial charge in [-0.3, -0.25) is 4.79 Å². The van der Waals surface area contributed by atoms with Gasteiger partial charge in [0.15, 0.2) is 25.2 Å². The number of aliphatic hydroxyl groups excluding tert-OH is 21. The summed E-state index contributed by atoms with van der Waals surface area (Å²) < 4.78 is 62.7. The number of rotatable bonds is 23. The topological polar surface area (TPSA) is 630 Å². The Bertz CT molecular complexity index is 2070. The van der Waals surface area contributed by atoms with Crippen molar-refractivity contribution in [2.75, 3.05) is 39.6 Å². The van der Waals surface area contributed by atoms with Gasteiger partial charge in [-0.25, -0.2) is 9.59 Å². The van der Waals surface area contributed by atoms with Gasteiger partial charge in [-0.1, -0.05) is 0 Å². The van der Waals surface area contributed by atoms with Gasteiger partial charge in [0.2, 0.25) is 5.91 Å². The van der Waals surface area contributed by atoms with Gasteiger partial charge < -0.3 is 175 Å². The van der Waals surface area contributed by atoms with E-state index in [0.717, 1.165) is 6.92 Å². The fraction of sp³-hybridized carbons (Fsp3) is 0.932. The summed E-state index contributed by atoms with van der Waals surface area (Å²) >= 11 is 0. The summed E-state index contributed by atoms with van der Waals surface area (Å²) in [5.41, 5.74) is 0. The summed E-state index contributed by atoms with van der Waals surface area (Å²) in [7, 11) is 0. The molecule has 0 bridgehead atoms. The molecule has 6 aliphatic heterocycles. The molecule has 38 heteroatoms. The summed E-state index contributed by atoms with van der Waals surface area (Å²) in [5.74, 6) is -12.2. The van der Waals surface area contributed by atoms with Gasteiger partial charge >= 0.3 is 11.9 Å². The quantitative estimate of drug-likeness (QED) is 0.0452. The largest absolute Gasteiger partial charge is 0.477 e. The van der Waals surface area contributed by atoms with E-state index in [0.29, 0.717) is 0 Å². The highest BCUT2D eigenvalue weighted by molar-refractivity contribution is 5.76. The van der Waals surface area contributed by atoms with Crippen LogP contribution < -0.4 is 5.32 Å². The molecule has 0 aromatic carbocycles. The maximum atomic E-state index is 13.4. The first-order valence-electron chi connectivity index (χ1n) is 25.4. The maximum absolute atomic E-state index is 13.4. The Labute approximate surface area is 461 Å². The number of carbonyl (C=O) groups excluding carboxylic acids is 1. The number of hydrogen-bond donors (Lipinski definition) is 24. The predicted octanol–water partition coefficient (Wildman–Crippen LogP) is -15.5. The van der Waals surface area contributed by atoms with E-state index < -0.39 is 266 Å². The van der Waals surface area contributed by atoms with E-state index in [4.69, 9.17) is 52.1 Å². The highest BCUT2D eigenvalue weighted by Crippen LogP contribution is 2.42. The Hall–Kier alpha value is -2.87. The summed E-state index contributed by atoms with van der Waals surface area (Å²) in [4.78, 5) is 39.3. The summed E-state index contributed by atoms with van der Waals surface area (Å²) in [5, 5.41) is 248. The number of ether oxygens (including phenoxy) is 11. The number of aliphatic carboxylic acids is 2. The van der Waals surface area contributed by atoms with Crippen molar-refractivity contribution >= 4 is 17.8 Å². The minimum atomic E-state index is -3.43. The molecule has 476 valence electrons. The SMILES string of the molecule is CC(=O)N[C@H]1[C@H](O[C@@H]2[C@H](O[C@]3(C(=O)O)C[C@H](O)[C@@H](O)[C@H]([C@H](O)[C@H](O)CO)O3)[C@@H](O)[C@H](O[C@H]3[C@H](O)[C@@H](O)[C@H](O)O[C@@H]3CO)O[C@@H]2CO)O[C@H](CO)[C@H](O)[C@@H]1O[C@@H]1O[C@H](CO)[C@H](O)[C@H](O[C@]2(C(=O)O)C[C@H](O)[C@@H](O)[C@H]([C@H](O)[C@H](O)CO)O2)[C@H]1O. The first-order valence-corrected chi connectivity index (χ1v) is 25.4. The third kappa shape index (κ3) is 13.9. The fourth-order valence-corrected chi connectivity index (χ4v) is 10.3. The zero-order valence-corrected chi connectivity index (χ0v) is 43.0. The monoisotopic (exact) mass is 1210 g/mol. The lowest BCUT2D eigenvalue weighted by molar-refractivity contribution is -0.407. The average Bonchev–Trinajstić information content (AvgIpc) is 3.55. The molecule has 6 fully saturated rings. The maximum Gasteiger partial charge on any atom is 0.364 e.